The molecular formula is C10H16N2O. The number of nitrogens with two attached hydrogens (primary N) is 1. The van der Waals surface area contributed by atoms with Crippen LogP contribution >= 0.6 is 0 Å². The van der Waals surface area contributed by atoms with Gasteiger partial charge in [-0.15, -0.1) is 0 Å². The van der Waals surface area contributed by atoms with Crippen molar-refractivity contribution in [2.24, 2.45) is 0 Å². The lowest BCUT2D eigenvalue weighted by atomic mass is 10.2. The van der Waals surface area contributed by atoms with Gasteiger partial charge < -0.3 is 16.2 Å². The fourth-order valence-corrected chi connectivity index (χ4v) is 1.18. The third kappa shape index (κ3) is 3.34. The second kappa shape index (κ2) is 4.72. The van der Waals surface area contributed by atoms with Gasteiger partial charge in [-0.3, -0.25) is 0 Å². The zero-order valence-corrected chi connectivity index (χ0v) is 7.83. The number of nitrogens with one attached hydrogen (secondary N) is 1. The van der Waals surface area contributed by atoms with E-state index in [0.29, 0.717) is 0 Å². The van der Waals surface area contributed by atoms with Gasteiger partial charge in [0.1, 0.15) is 0 Å². The van der Waals surface area contributed by atoms with Gasteiger partial charge in [-0.05, 0) is 31.5 Å². The van der Waals surface area contributed by atoms with Crippen LogP contribution in [0.4, 0.5) is 11.4 Å². The van der Waals surface area contributed by atoms with Crippen molar-refractivity contribution < 1.29 is 5.11 Å². The van der Waals surface area contributed by atoms with Crippen LogP contribution in [0.3, 0.4) is 0 Å². The molecule has 0 saturated carbocycles. The SMILES string of the molecule is CC(CCO)Nc1cccc(N)c1. The Labute approximate surface area is 78.6 Å². The summed E-state index contributed by atoms with van der Waals surface area (Å²) in [5, 5.41) is 11.9. The molecule has 1 rings (SSSR count). The van der Waals surface area contributed by atoms with Crippen LogP contribution < -0.4 is 11.1 Å². The van der Waals surface area contributed by atoms with Crippen LogP contribution in [0.2, 0.25) is 0 Å². The smallest absolute Gasteiger partial charge is 0.0450 e. The van der Waals surface area contributed by atoms with Crippen LogP contribution in [0.5, 0.6) is 0 Å². The molecule has 0 aliphatic rings. The average molecular weight is 180 g/mol. The zero-order chi connectivity index (χ0) is 9.68. The highest BCUT2D eigenvalue weighted by molar-refractivity contribution is 5.54. The fraction of sp³-hybridized carbons (Fsp3) is 0.400. The van der Waals surface area contributed by atoms with E-state index in [1.54, 1.807) is 0 Å². The van der Waals surface area contributed by atoms with Crippen molar-refractivity contribution in [3.8, 4) is 0 Å². The minimum absolute atomic E-state index is 0.205. The van der Waals surface area contributed by atoms with E-state index in [1.807, 2.05) is 31.2 Å². The summed E-state index contributed by atoms with van der Waals surface area (Å²) in [7, 11) is 0. The third-order valence-corrected chi connectivity index (χ3v) is 1.86. The van der Waals surface area contributed by atoms with E-state index >= 15 is 0 Å². The number of hydrogen-bond acceptors (Lipinski definition) is 3. The van der Waals surface area contributed by atoms with E-state index in [-0.39, 0.29) is 12.6 Å². The maximum atomic E-state index is 8.70. The molecule has 0 bridgehead atoms. The molecule has 3 heteroatoms. The quantitative estimate of drug-likeness (QED) is 0.615. The van der Waals surface area contributed by atoms with Crippen molar-refractivity contribution in [1.29, 1.82) is 0 Å². The highest BCUT2D eigenvalue weighted by Crippen LogP contribution is 2.13. The molecule has 0 heterocycles. The van der Waals surface area contributed by atoms with Gasteiger partial charge in [0, 0.05) is 24.0 Å². The summed E-state index contributed by atoms with van der Waals surface area (Å²) >= 11 is 0. The molecule has 0 radical (unpaired) electrons. The molecule has 0 aliphatic carbocycles. The fourth-order valence-electron chi connectivity index (χ4n) is 1.18. The molecule has 0 saturated heterocycles. The van der Waals surface area contributed by atoms with E-state index in [2.05, 4.69) is 5.32 Å². The van der Waals surface area contributed by atoms with Crippen molar-refractivity contribution in [3.05, 3.63) is 24.3 Å². The van der Waals surface area contributed by atoms with Crippen LogP contribution in [0, 0.1) is 0 Å². The Hall–Kier alpha value is -1.22. The second-order valence-electron chi connectivity index (χ2n) is 3.18. The summed E-state index contributed by atoms with van der Waals surface area (Å²) in [5.74, 6) is 0. The molecule has 1 aromatic rings. The average Bonchev–Trinajstić information content (AvgIpc) is 2.04. The zero-order valence-electron chi connectivity index (χ0n) is 7.83. The van der Waals surface area contributed by atoms with E-state index < -0.39 is 0 Å². The molecule has 1 aromatic carbocycles. The number of nitrogen functional groups attached to an aromatic ring is 1. The molecule has 0 aromatic heterocycles. The molecule has 72 valence electrons. The van der Waals surface area contributed by atoms with Crippen molar-refractivity contribution in [2.45, 2.75) is 19.4 Å². The van der Waals surface area contributed by atoms with Crippen molar-refractivity contribution >= 4 is 11.4 Å². The molecule has 3 nitrogen and oxygen atoms in total. The van der Waals surface area contributed by atoms with E-state index in [1.165, 1.54) is 0 Å². The summed E-state index contributed by atoms with van der Waals surface area (Å²) in [6, 6.07) is 7.87. The van der Waals surface area contributed by atoms with E-state index in [0.717, 1.165) is 17.8 Å². The van der Waals surface area contributed by atoms with Crippen LogP contribution in [0.15, 0.2) is 24.3 Å². The highest BCUT2D eigenvalue weighted by atomic mass is 16.3. The Morgan fingerprint density at radius 1 is 1.54 bits per heavy atom. The molecule has 0 amide bonds. The Kier molecular flexibility index (Phi) is 3.58. The predicted octanol–water partition coefficient (Wildman–Crippen LogP) is 1.45. The van der Waals surface area contributed by atoms with Crippen molar-refractivity contribution in [3.63, 3.8) is 0 Å². The number of rotatable bonds is 4. The first-order valence-electron chi connectivity index (χ1n) is 4.45. The normalized spacial score (nSPS) is 12.5. The van der Waals surface area contributed by atoms with Crippen molar-refractivity contribution in [2.75, 3.05) is 17.7 Å². The van der Waals surface area contributed by atoms with Gasteiger partial charge in [-0.2, -0.15) is 0 Å². The van der Waals surface area contributed by atoms with E-state index in [4.69, 9.17) is 10.8 Å². The van der Waals surface area contributed by atoms with Crippen LogP contribution in [0.25, 0.3) is 0 Å². The number of benzene rings is 1. The Morgan fingerprint density at radius 3 is 2.92 bits per heavy atom. The lowest BCUT2D eigenvalue weighted by Gasteiger charge is -2.13. The third-order valence-electron chi connectivity index (χ3n) is 1.86. The van der Waals surface area contributed by atoms with Crippen LogP contribution in [-0.4, -0.2) is 17.8 Å². The highest BCUT2D eigenvalue weighted by Gasteiger charge is 2.00. The first-order chi connectivity index (χ1) is 6.22. The molecule has 0 fully saturated rings. The predicted molar refractivity (Wildman–Crippen MR) is 55.6 cm³/mol. The summed E-state index contributed by atoms with van der Waals surface area (Å²) in [6.07, 6.45) is 0.745. The minimum atomic E-state index is 0.205. The Bertz CT molecular complexity index is 263. The number of aliphatic hydroxyl groups excluding tert-OH is 1. The minimum Gasteiger partial charge on any atom is -0.399 e. The monoisotopic (exact) mass is 180 g/mol. The lowest BCUT2D eigenvalue weighted by Crippen LogP contribution is -2.16. The van der Waals surface area contributed by atoms with Gasteiger partial charge in [0.15, 0.2) is 0 Å². The van der Waals surface area contributed by atoms with Gasteiger partial charge in [0.25, 0.3) is 0 Å². The molecular weight excluding hydrogens is 164 g/mol. The lowest BCUT2D eigenvalue weighted by molar-refractivity contribution is 0.282. The maximum absolute atomic E-state index is 8.70. The number of anilines is 2. The standard InChI is InChI=1S/C10H16N2O/c1-8(5-6-13)12-10-4-2-3-9(11)7-10/h2-4,7-8,12-13H,5-6,11H2,1H3. The Morgan fingerprint density at radius 2 is 2.31 bits per heavy atom. The Balaban J connectivity index is 2.53. The number of hydrogen-bond donors (Lipinski definition) is 3. The molecule has 4 N–H and O–H groups in total. The van der Waals surface area contributed by atoms with Crippen LogP contribution in [0.1, 0.15) is 13.3 Å². The van der Waals surface area contributed by atoms with Gasteiger partial charge in [0.05, 0.1) is 0 Å². The topological polar surface area (TPSA) is 58.3 Å². The summed E-state index contributed by atoms with van der Waals surface area (Å²) in [4.78, 5) is 0. The van der Waals surface area contributed by atoms with Crippen molar-refractivity contribution in [1.82, 2.24) is 0 Å². The molecule has 0 aliphatic heterocycles. The second-order valence-corrected chi connectivity index (χ2v) is 3.18. The summed E-state index contributed by atoms with van der Waals surface area (Å²) in [6.45, 7) is 2.23. The largest absolute Gasteiger partial charge is 0.399 e. The number of aliphatic hydroxyl groups is 1. The first-order valence-corrected chi connectivity index (χ1v) is 4.45. The van der Waals surface area contributed by atoms with Crippen LogP contribution in [-0.2, 0) is 0 Å². The van der Waals surface area contributed by atoms with Gasteiger partial charge in [0.2, 0.25) is 0 Å². The van der Waals surface area contributed by atoms with E-state index in [9.17, 15) is 0 Å². The molecule has 13 heavy (non-hydrogen) atoms. The molecule has 0 spiro atoms. The maximum Gasteiger partial charge on any atom is 0.0450 e. The summed E-state index contributed by atoms with van der Waals surface area (Å²) < 4.78 is 0. The molecule has 1 atom stereocenters. The summed E-state index contributed by atoms with van der Waals surface area (Å²) in [5.41, 5.74) is 7.37. The first kappa shape index (κ1) is 9.86. The van der Waals surface area contributed by atoms with Gasteiger partial charge in [-0.1, -0.05) is 6.07 Å². The molecule has 1 unspecified atom stereocenters. The van der Waals surface area contributed by atoms with Gasteiger partial charge in [-0.25, -0.2) is 0 Å². The van der Waals surface area contributed by atoms with Gasteiger partial charge >= 0.3 is 0 Å².